The van der Waals surface area contributed by atoms with Crippen LogP contribution in [0.1, 0.15) is 33.3 Å². The number of nitrogens with zero attached hydrogens (tertiary/aromatic N) is 2. The van der Waals surface area contributed by atoms with E-state index >= 15 is 0 Å². The topological polar surface area (TPSA) is 77.5 Å². The second-order valence-corrected chi connectivity index (χ2v) is 10.5. The first-order valence-corrected chi connectivity index (χ1v) is 10.4. The van der Waals surface area contributed by atoms with Crippen LogP contribution in [0.5, 0.6) is 0 Å². The molecule has 0 radical (unpaired) electrons. The molecule has 1 amide bonds. The summed E-state index contributed by atoms with van der Waals surface area (Å²) in [6, 6.07) is 4.63. The van der Waals surface area contributed by atoms with Crippen molar-refractivity contribution >= 4 is 32.0 Å². The summed E-state index contributed by atoms with van der Waals surface area (Å²) in [4.78, 5) is 12.2. The van der Waals surface area contributed by atoms with Crippen LogP contribution in [0, 0.1) is 6.92 Å². The smallest absolute Gasteiger partial charge is 0.258 e. The molecule has 1 fully saturated rings. The molecule has 1 heterocycles. The van der Waals surface area contributed by atoms with Crippen LogP contribution < -0.4 is 5.11 Å². The van der Waals surface area contributed by atoms with E-state index in [4.69, 9.17) is 0 Å². The summed E-state index contributed by atoms with van der Waals surface area (Å²) >= 11 is 3.34. The van der Waals surface area contributed by atoms with Crippen molar-refractivity contribution in [2.24, 2.45) is 0 Å². The molecule has 0 spiro atoms. The van der Waals surface area contributed by atoms with E-state index in [0.717, 1.165) is 4.47 Å². The third-order valence-electron chi connectivity index (χ3n) is 5.20. The number of amides is 1. The lowest BCUT2D eigenvalue weighted by atomic mass is 9.96. The zero-order valence-corrected chi connectivity index (χ0v) is 17.6. The van der Waals surface area contributed by atoms with Crippen LogP contribution in [0.25, 0.3) is 0 Å². The average molecular weight is 433 g/mol. The molecule has 1 aliphatic heterocycles. The molecule has 0 aromatic heterocycles. The van der Waals surface area contributed by atoms with Gasteiger partial charge in [-0.05, 0) is 58.4 Å². The van der Waals surface area contributed by atoms with Crippen molar-refractivity contribution in [2.75, 3.05) is 19.6 Å². The molecule has 1 saturated heterocycles. The Morgan fingerprint density at radius 1 is 1.36 bits per heavy atom. The fourth-order valence-electron chi connectivity index (χ4n) is 3.82. The van der Waals surface area contributed by atoms with E-state index in [1.54, 1.807) is 32.0 Å². The van der Waals surface area contributed by atoms with Gasteiger partial charge in [-0.1, -0.05) is 15.9 Å². The molecule has 0 saturated carbocycles. The molecule has 1 aromatic carbocycles. The van der Waals surface area contributed by atoms with Gasteiger partial charge in [0.05, 0.1) is 30.1 Å². The summed E-state index contributed by atoms with van der Waals surface area (Å²) in [5.74, 6) is 0. The fraction of sp³-hybridized carbons (Fsp3) is 0.588. The first-order chi connectivity index (χ1) is 11.3. The van der Waals surface area contributed by atoms with Crippen molar-refractivity contribution in [1.29, 1.82) is 0 Å². The Morgan fingerprint density at radius 3 is 2.40 bits per heavy atom. The van der Waals surface area contributed by atoms with Crippen molar-refractivity contribution in [2.45, 2.75) is 51.1 Å². The van der Waals surface area contributed by atoms with Gasteiger partial charge in [0.15, 0.2) is 0 Å². The molecule has 2 rings (SSSR count). The molecule has 1 aliphatic rings. The van der Waals surface area contributed by atoms with Gasteiger partial charge in [-0.15, -0.1) is 0 Å². The lowest BCUT2D eigenvalue weighted by molar-refractivity contribution is -0.943. The van der Waals surface area contributed by atoms with E-state index in [2.05, 4.69) is 15.9 Å². The number of hydrogen-bond donors (Lipinski definition) is 0. The predicted molar refractivity (Wildman–Crippen MR) is 97.4 cm³/mol. The lowest BCUT2D eigenvalue weighted by Gasteiger charge is -2.55. The highest BCUT2D eigenvalue weighted by Gasteiger charge is 2.51. The minimum absolute atomic E-state index is 0.142. The summed E-state index contributed by atoms with van der Waals surface area (Å²) in [6.07, 6.45) is -1.16. The molecule has 140 valence electrons. The first kappa shape index (κ1) is 20.4. The Morgan fingerprint density at radius 2 is 1.96 bits per heavy atom. The Labute approximate surface area is 158 Å². The monoisotopic (exact) mass is 432 g/mol. The van der Waals surface area contributed by atoms with Crippen molar-refractivity contribution in [1.82, 2.24) is 4.31 Å². The van der Waals surface area contributed by atoms with Crippen LogP contribution in [0.2, 0.25) is 0 Å². The van der Waals surface area contributed by atoms with Crippen LogP contribution in [-0.2, 0) is 10.0 Å². The zero-order chi connectivity index (χ0) is 19.2. The summed E-state index contributed by atoms with van der Waals surface area (Å²) in [7, 11) is -3.67. The maximum atomic E-state index is 13.0. The number of piperazine rings is 1. The molecule has 0 bridgehead atoms. The highest BCUT2D eigenvalue weighted by atomic mass is 79.9. The van der Waals surface area contributed by atoms with Crippen LogP contribution in [0.4, 0.5) is 4.79 Å². The molecule has 6 nitrogen and oxygen atoms in total. The number of quaternary nitrogens is 1. The number of sulfonamides is 1. The Bertz CT molecular complexity index is 788. The van der Waals surface area contributed by atoms with Crippen molar-refractivity contribution in [3.05, 3.63) is 28.2 Å². The normalized spacial score (nSPS) is 25.8. The maximum Gasteiger partial charge on any atom is 0.258 e. The van der Waals surface area contributed by atoms with Crippen molar-refractivity contribution in [3.8, 4) is 0 Å². The van der Waals surface area contributed by atoms with Gasteiger partial charge in [-0.25, -0.2) is 8.42 Å². The predicted octanol–water partition coefficient (Wildman–Crippen LogP) is 2.11. The quantitative estimate of drug-likeness (QED) is 0.670. The number of carbonyl (C=O) groups excluding carboxylic acids is 1. The van der Waals surface area contributed by atoms with Gasteiger partial charge in [0.25, 0.3) is 6.09 Å². The highest BCUT2D eigenvalue weighted by molar-refractivity contribution is 9.10. The number of rotatable bonds is 2. The van der Waals surface area contributed by atoms with E-state index in [-0.39, 0.29) is 29.0 Å². The molecule has 8 heteroatoms. The molecular weight excluding hydrogens is 408 g/mol. The third kappa shape index (κ3) is 3.37. The van der Waals surface area contributed by atoms with E-state index in [9.17, 15) is 18.3 Å². The molecule has 0 N–H and O–H groups in total. The second kappa shape index (κ2) is 6.64. The number of aryl methyl sites for hydroxylation is 1. The van der Waals surface area contributed by atoms with Crippen LogP contribution >= 0.6 is 15.9 Å². The number of carboxylic acid groups (broad SMARTS) is 1. The van der Waals surface area contributed by atoms with Gasteiger partial charge in [-0.2, -0.15) is 4.31 Å². The largest absolute Gasteiger partial charge is 0.498 e. The summed E-state index contributed by atoms with van der Waals surface area (Å²) in [5, 5.41) is 11.9. The molecule has 25 heavy (non-hydrogen) atoms. The van der Waals surface area contributed by atoms with Crippen LogP contribution in [0.3, 0.4) is 0 Å². The van der Waals surface area contributed by atoms with Crippen molar-refractivity contribution in [3.63, 3.8) is 0 Å². The van der Waals surface area contributed by atoms with Crippen LogP contribution in [-0.4, -0.2) is 54.5 Å². The number of hydrogen-bond acceptors (Lipinski definition) is 4. The highest BCUT2D eigenvalue weighted by Crippen LogP contribution is 2.34. The summed E-state index contributed by atoms with van der Waals surface area (Å²) < 4.78 is 28.0. The van der Waals surface area contributed by atoms with Gasteiger partial charge < -0.3 is 9.90 Å². The molecule has 1 unspecified atom stereocenters. The molecule has 1 aromatic rings. The molecular formula is C17H25BrN2O4S. The minimum Gasteiger partial charge on any atom is -0.498 e. The third-order valence-corrected chi connectivity index (χ3v) is 7.72. The van der Waals surface area contributed by atoms with E-state index in [1.807, 2.05) is 20.8 Å². The molecule has 2 atom stereocenters. The summed E-state index contributed by atoms with van der Waals surface area (Å²) in [6.45, 7) is 9.55. The lowest BCUT2D eigenvalue weighted by Crippen LogP contribution is -2.76. The van der Waals surface area contributed by atoms with Gasteiger partial charge in [0.1, 0.15) is 6.04 Å². The van der Waals surface area contributed by atoms with Gasteiger partial charge in [0.2, 0.25) is 10.0 Å². The summed E-state index contributed by atoms with van der Waals surface area (Å²) in [5.41, 5.74) is 0.0748. The number of halogens is 1. The van der Waals surface area contributed by atoms with Gasteiger partial charge in [0, 0.05) is 4.47 Å². The van der Waals surface area contributed by atoms with E-state index < -0.39 is 27.7 Å². The van der Waals surface area contributed by atoms with Gasteiger partial charge >= 0.3 is 0 Å². The first-order valence-electron chi connectivity index (χ1n) is 8.19. The van der Waals surface area contributed by atoms with Gasteiger partial charge in [-0.3, -0.25) is 4.48 Å². The van der Waals surface area contributed by atoms with E-state index in [1.165, 1.54) is 4.31 Å². The Kier molecular flexibility index (Phi) is 5.41. The average Bonchev–Trinajstić information content (AvgIpc) is 2.44. The zero-order valence-electron chi connectivity index (χ0n) is 15.2. The number of carbonyl (C=O) groups is 1. The standard InChI is InChI=1S/C17H25BrN2O4S/c1-12-10-14(18)6-7-15(12)25(23,24)19-8-9-20(16(21)22,13(2)11-19)17(3,4)5/h6-7,10,13H,8-9,11H2,1-5H3/t13-,20?/m1/s1. The second-order valence-electron chi connectivity index (χ2n) is 7.65. The maximum absolute atomic E-state index is 13.0. The van der Waals surface area contributed by atoms with Crippen LogP contribution in [0.15, 0.2) is 27.6 Å². The molecule has 0 aliphatic carbocycles. The Hall–Kier alpha value is -0.960. The fourth-order valence-corrected chi connectivity index (χ4v) is 6.01. The van der Waals surface area contributed by atoms with E-state index in [0.29, 0.717) is 5.56 Å². The van der Waals surface area contributed by atoms with Crippen molar-refractivity contribution < 1.29 is 22.8 Å². The Balaban J connectivity index is 2.38. The SMILES string of the molecule is Cc1cc(Br)ccc1S(=O)(=O)N1CC[N+](C(=O)[O-])(C(C)(C)C)[C@H](C)C1. The number of benzene rings is 1. The minimum atomic E-state index is -3.67.